The van der Waals surface area contributed by atoms with Gasteiger partial charge in [-0.3, -0.25) is 0 Å². The molecule has 0 atom stereocenters. The summed E-state index contributed by atoms with van der Waals surface area (Å²) in [6, 6.07) is 4.89. The van der Waals surface area contributed by atoms with Crippen LogP contribution in [0.25, 0.3) is 22.6 Å². The number of rotatable bonds is 1. The van der Waals surface area contributed by atoms with Gasteiger partial charge in [-0.15, -0.1) is 0 Å². The zero-order valence-electron chi connectivity index (χ0n) is 15.6. The number of nitrogens with zero attached hydrogens (tertiary/aromatic N) is 4. The topological polar surface area (TPSA) is 89.9 Å². The fourth-order valence-electron chi connectivity index (χ4n) is 3.49. The van der Waals surface area contributed by atoms with Gasteiger partial charge in [0.25, 0.3) is 0 Å². The van der Waals surface area contributed by atoms with Gasteiger partial charge in [-0.05, 0) is 43.7 Å². The second kappa shape index (κ2) is 6.74. The number of imidazole rings is 1. The number of anilines is 1. The van der Waals surface area contributed by atoms with Crippen molar-refractivity contribution >= 4 is 17.0 Å². The van der Waals surface area contributed by atoms with Gasteiger partial charge in [0.05, 0.1) is 5.56 Å². The van der Waals surface area contributed by atoms with Crippen molar-refractivity contribution in [3.8, 4) is 23.2 Å². The molecule has 2 heterocycles. The van der Waals surface area contributed by atoms with Crippen LogP contribution in [0.15, 0.2) is 24.3 Å². The van der Waals surface area contributed by atoms with Gasteiger partial charge in [-0.1, -0.05) is 18.1 Å². The lowest BCUT2D eigenvalue weighted by Crippen LogP contribution is -2.20. The minimum absolute atomic E-state index is 0.0755. The summed E-state index contributed by atoms with van der Waals surface area (Å²) in [5.41, 5.74) is 5.11. The molecule has 0 unspecified atom stereocenters. The number of hydrogen-bond acceptors (Lipinski definition) is 5. The van der Waals surface area contributed by atoms with E-state index in [1.54, 1.807) is 11.6 Å². The van der Waals surface area contributed by atoms with E-state index in [0.29, 0.717) is 18.5 Å². The molecule has 3 aromatic rings. The van der Waals surface area contributed by atoms with Crippen LogP contribution in [0.5, 0.6) is 0 Å². The molecule has 1 aromatic carbocycles. The Kier molecular flexibility index (Phi) is 4.46. The largest absolute Gasteiger partial charge is 0.416 e. The first-order valence-electron chi connectivity index (χ1n) is 9.09. The number of aliphatic hydroxyl groups is 1. The zero-order valence-corrected chi connectivity index (χ0v) is 15.6. The van der Waals surface area contributed by atoms with E-state index in [0.717, 1.165) is 25.0 Å². The summed E-state index contributed by atoms with van der Waals surface area (Å²) in [6.07, 6.45) is -1.43. The van der Waals surface area contributed by atoms with Crippen LogP contribution < -0.4 is 5.73 Å². The van der Waals surface area contributed by atoms with Crippen molar-refractivity contribution < 1.29 is 18.3 Å². The maximum Gasteiger partial charge on any atom is 0.416 e. The van der Waals surface area contributed by atoms with Gasteiger partial charge in [0.1, 0.15) is 11.4 Å². The van der Waals surface area contributed by atoms with Crippen molar-refractivity contribution in [3.05, 3.63) is 35.7 Å². The number of nitrogens with two attached hydrogens (primary N) is 1. The summed E-state index contributed by atoms with van der Waals surface area (Å²) in [6.45, 7) is 0. The molecule has 150 valence electrons. The average molecular weight is 401 g/mol. The lowest BCUT2D eigenvalue weighted by atomic mass is 10.0. The minimum atomic E-state index is -4.46. The smallest absolute Gasteiger partial charge is 0.382 e. The van der Waals surface area contributed by atoms with Crippen molar-refractivity contribution in [1.29, 1.82) is 0 Å². The Hall–Kier alpha value is -3.12. The summed E-state index contributed by atoms with van der Waals surface area (Å²) < 4.78 is 40.7. The molecule has 6 nitrogen and oxygen atoms in total. The van der Waals surface area contributed by atoms with Crippen molar-refractivity contribution in [2.24, 2.45) is 7.05 Å². The van der Waals surface area contributed by atoms with Crippen LogP contribution >= 0.6 is 0 Å². The number of aromatic nitrogens is 4. The fourth-order valence-corrected chi connectivity index (χ4v) is 3.49. The van der Waals surface area contributed by atoms with Crippen LogP contribution in [0.2, 0.25) is 0 Å². The zero-order chi connectivity index (χ0) is 20.8. The molecule has 0 bridgehead atoms. The van der Waals surface area contributed by atoms with Crippen LogP contribution in [-0.4, -0.2) is 30.2 Å². The van der Waals surface area contributed by atoms with Crippen LogP contribution in [-0.2, 0) is 13.2 Å². The molecule has 0 amide bonds. The quantitative estimate of drug-likeness (QED) is 0.611. The normalized spacial score (nSPS) is 16.0. The Bertz CT molecular complexity index is 1150. The molecular weight excluding hydrogens is 383 g/mol. The number of hydrogen-bond donors (Lipinski definition) is 2. The number of fused-ring (bicyclic) bond motifs is 1. The van der Waals surface area contributed by atoms with E-state index in [2.05, 4.69) is 26.8 Å². The summed E-state index contributed by atoms with van der Waals surface area (Å²) in [4.78, 5) is 12.8. The molecule has 1 aliphatic carbocycles. The molecule has 0 saturated heterocycles. The van der Waals surface area contributed by atoms with Crippen LogP contribution in [0, 0.1) is 11.8 Å². The third-order valence-electron chi connectivity index (χ3n) is 5.03. The molecule has 2 aromatic heterocycles. The lowest BCUT2D eigenvalue weighted by molar-refractivity contribution is -0.137. The Morgan fingerprint density at radius 2 is 1.90 bits per heavy atom. The number of halogens is 3. The first-order valence-corrected chi connectivity index (χ1v) is 9.09. The second-order valence-electron chi connectivity index (χ2n) is 7.17. The number of alkyl halides is 3. The average Bonchev–Trinajstić information content (AvgIpc) is 3.25. The summed E-state index contributed by atoms with van der Waals surface area (Å²) in [5.74, 6) is 6.08. The van der Waals surface area contributed by atoms with Crippen molar-refractivity contribution in [1.82, 2.24) is 19.5 Å². The van der Waals surface area contributed by atoms with E-state index >= 15 is 0 Å². The summed E-state index contributed by atoms with van der Waals surface area (Å²) in [5, 5.41) is 10.4. The Balaban J connectivity index is 1.79. The third kappa shape index (κ3) is 3.63. The van der Waals surface area contributed by atoms with Crippen LogP contribution in [0.1, 0.15) is 37.1 Å². The SMILES string of the molecule is Cn1c(-c2cccc(C(F)(F)F)c2)nc2c(N)nc(C#CC3(O)CCCC3)nc21. The monoisotopic (exact) mass is 401 g/mol. The molecule has 1 saturated carbocycles. The van der Waals surface area contributed by atoms with Crippen molar-refractivity contribution in [2.45, 2.75) is 37.5 Å². The van der Waals surface area contributed by atoms with Crippen LogP contribution in [0.3, 0.4) is 0 Å². The highest BCUT2D eigenvalue weighted by molar-refractivity contribution is 5.85. The molecule has 0 spiro atoms. The second-order valence-corrected chi connectivity index (χ2v) is 7.17. The highest BCUT2D eigenvalue weighted by Gasteiger charge is 2.31. The van der Waals surface area contributed by atoms with Gasteiger partial charge in [-0.25, -0.2) is 15.0 Å². The molecule has 3 N–H and O–H groups in total. The van der Waals surface area contributed by atoms with E-state index in [4.69, 9.17) is 5.73 Å². The van der Waals surface area contributed by atoms with Gasteiger partial charge in [-0.2, -0.15) is 13.2 Å². The Labute approximate surface area is 164 Å². The van der Waals surface area contributed by atoms with Crippen molar-refractivity contribution in [2.75, 3.05) is 5.73 Å². The predicted molar refractivity (Wildman–Crippen MR) is 101 cm³/mol. The van der Waals surface area contributed by atoms with Gasteiger partial charge < -0.3 is 15.4 Å². The van der Waals surface area contributed by atoms with E-state index in [1.165, 1.54) is 12.1 Å². The number of benzene rings is 1. The van der Waals surface area contributed by atoms with Gasteiger partial charge in [0, 0.05) is 12.6 Å². The third-order valence-corrected chi connectivity index (χ3v) is 5.03. The maximum atomic E-state index is 13.0. The van der Waals surface area contributed by atoms with E-state index < -0.39 is 17.3 Å². The standard InChI is InChI=1S/C20H18F3N5O/c1-28-17(12-5-4-6-13(11-12)20(21,22)23)27-15-16(24)25-14(26-18(15)28)7-10-19(29)8-2-3-9-19/h4-6,11,29H,2-3,8-9H2,1H3,(H2,24,25,26). The maximum absolute atomic E-state index is 13.0. The minimum Gasteiger partial charge on any atom is -0.382 e. The first kappa shape index (κ1) is 19.2. The number of nitrogen functional groups attached to an aromatic ring is 1. The fraction of sp³-hybridized carbons (Fsp3) is 0.350. The molecule has 4 rings (SSSR count). The molecule has 0 radical (unpaired) electrons. The molecule has 1 aliphatic rings. The first-order chi connectivity index (χ1) is 13.7. The highest BCUT2D eigenvalue weighted by Crippen LogP contribution is 2.33. The Morgan fingerprint density at radius 3 is 2.59 bits per heavy atom. The van der Waals surface area contributed by atoms with Gasteiger partial charge >= 0.3 is 6.18 Å². The van der Waals surface area contributed by atoms with E-state index in [9.17, 15) is 18.3 Å². The van der Waals surface area contributed by atoms with E-state index in [-0.39, 0.29) is 28.5 Å². The Morgan fingerprint density at radius 1 is 1.17 bits per heavy atom. The van der Waals surface area contributed by atoms with Crippen molar-refractivity contribution in [3.63, 3.8) is 0 Å². The summed E-state index contributed by atoms with van der Waals surface area (Å²) in [7, 11) is 1.64. The number of aryl methyl sites for hydroxylation is 1. The molecule has 0 aliphatic heterocycles. The molecular formula is C20H18F3N5O. The van der Waals surface area contributed by atoms with Gasteiger partial charge in [0.15, 0.2) is 17.0 Å². The predicted octanol–water partition coefficient (Wildman–Crippen LogP) is 3.29. The molecule has 29 heavy (non-hydrogen) atoms. The summed E-state index contributed by atoms with van der Waals surface area (Å²) >= 11 is 0. The van der Waals surface area contributed by atoms with Gasteiger partial charge in [0.2, 0.25) is 5.82 Å². The molecule has 9 heteroatoms. The van der Waals surface area contributed by atoms with E-state index in [1.807, 2.05) is 0 Å². The highest BCUT2D eigenvalue weighted by atomic mass is 19.4. The lowest BCUT2D eigenvalue weighted by Gasteiger charge is -2.12. The molecule has 1 fully saturated rings. The van der Waals surface area contributed by atoms with Crippen LogP contribution in [0.4, 0.5) is 19.0 Å².